The first-order valence-electron chi connectivity index (χ1n) is 6.07. The maximum Gasteiger partial charge on any atom is 0.119 e. The molecule has 1 N–H and O–H groups in total. The Morgan fingerprint density at radius 3 is 2.61 bits per heavy atom. The monoisotopic (exact) mass is 246 g/mol. The number of hydrogen-bond donors (Lipinski definition) is 1. The zero-order valence-corrected chi connectivity index (χ0v) is 10.7. The minimum Gasteiger partial charge on any atom is -0.489 e. The lowest BCUT2D eigenvalue weighted by Gasteiger charge is -2.09. The molecule has 96 valence electrons. The van der Waals surface area contributed by atoms with Crippen LogP contribution in [0.4, 0.5) is 0 Å². The van der Waals surface area contributed by atoms with Gasteiger partial charge < -0.3 is 9.84 Å². The third-order valence-corrected chi connectivity index (χ3v) is 2.82. The van der Waals surface area contributed by atoms with Crippen molar-refractivity contribution >= 4 is 0 Å². The Hall–Kier alpha value is -1.81. The quantitative estimate of drug-likeness (QED) is 0.881. The van der Waals surface area contributed by atoms with E-state index < -0.39 is 6.10 Å². The van der Waals surface area contributed by atoms with Gasteiger partial charge in [-0.15, -0.1) is 0 Å². The number of ether oxygens (including phenoxy) is 1. The van der Waals surface area contributed by atoms with E-state index in [2.05, 4.69) is 5.10 Å². The van der Waals surface area contributed by atoms with Crippen LogP contribution in [0, 0.1) is 0 Å². The van der Waals surface area contributed by atoms with Crippen molar-refractivity contribution in [3.63, 3.8) is 0 Å². The highest BCUT2D eigenvalue weighted by Crippen LogP contribution is 2.20. The van der Waals surface area contributed by atoms with Crippen LogP contribution >= 0.6 is 0 Å². The largest absolute Gasteiger partial charge is 0.489 e. The van der Waals surface area contributed by atoms with E-state index in [4.69, 9.17) is 4.74 Å². The molecule has 0 aliphatic rings. The SMILES string of the molecule is CC[C@H](O)c1ccc(OCc2cnn(C)c2)cc1. The third kappa shape index (κ3) is 3.11. The fraction of sp³-hybridized carbons (Fsp3) is 0.357. The molecule has 1 aromatic carbocycles. The second-order valence-electron chi connectivity index (χ2n) is 4.30. The molecule has 0 saturated heterocycles. The van der Waals surface area contributed by atoms with E-state index in [1.807, 2.05) is 44.4 Å². The van der Waals surface area contributed by atoms with Gasteiger partial charge in [-0.3, -0.25) is 4.68 Å². The van der Waals surface area contributed by atoms with Crippen molar-refractivity contribution in [2.24, 2.45) is 7.05 Å². The molecular weight excluding hydrogens is 228 g/mol. The molecule has 0 radical (unpaired) electrons. The Labute approximate surface area is 107 Å². The van der Waals surface area contributed by atoms with Crippen LogP contribution in [0.1, 0.15) is 30.6 Å². The Bertz CT molecular complexity index is 491. The maximum atomic E-state index is 9.68. The van der Waals surface area contributed by atoms with Gasteiger partial charge >= 0.3 is 0 Å². The van der Waals surface area contributed by atoms with Crippen molar-refractivity contribution in [2.45, 2.75) is 26.1 Å². The van der Waals surface area contributed by atoms with Crippen molar-refractivity contribution in [3.8, 4) is 5.75 Å². The van der Waals surface area contributed by atoms with Crippen LogP contribution in [0.15, 0.2) is 36.7 Å². The van der Waals surface area contributed by atoms with Crippen LogP contribution in [-0.2, 0) is 13.7 Å². The van der Waals surface area contributed by atoms with Crippen LogP contribution in [0.5, 0.6) is 5.75 Å². The maximum absolute atomic E-state index is 9.68. The number of aromatic nitrogens is 2. The molecule has 0 fully saturated rings. The van der Waals surface area contributed by atoms with E-state index in [1.165, 1.54) is 0 Å². The van der Waals surface area contributed by atoms with Gasteiger partial charge in [0, 0.05) is 18.8 Å². The van der Waals surface area contributed by atoms with Crippen LogP contribution in [-0.4, -0.2) is 14.9 Å². The molecule has 0 spiro atoms. The predicted octanol–water partition coefficient (Wildman–Crippen LogP) is 2.44. The topological polar surface area (TPSA) is 47.3 Å². The smallest absolute Gasteiger partial charge is 0.119 e. The van der Waals surface area contributed by atoms with E-state index >= 15 is 0 Å². The summed E-state index contributed by atoms with van der Waals surface area (Å²) in [6, 6.07) is 7.55. The van der Waals surface area contributed by atoms with Gasteiger partial charge in [-0.1, -0.05) is 19.1 Å². The number of aliphatic hydroxyl groups excluding tert-OH is 1. The summed E-state index contributed by atoms with van der Waals surface area (Å²) in [6.45, 7) is 2.46. The normalized spacial score (nSPS) is 12.4. The van der Waals surface area contributed by atoms with Gasteiger partial charge in [0.05, 0.1) is 12.3 Å². The highest BCUT2D eigenvalue weighted by atomic mass is 16.5. The van der Waals surface area contributed by atoms with Crippen LogP contribution in [0.25, 0.3) is 0 Å². The molecule has 4 heteroatoms. The van der Waals surface area contributed by atoms with E-state index in [-0.39, 0.29) is 0 Å². The first-order valence-corrected chi connectivity index (χ1v) is 6.07. The summed E-state index contributed by atoms with van der Waals surface area (Å²) in [5, 5.41) is 13.8. The number of hydrogen-bond acceptors (Lipinski definition) is 3. The average molecular weight is 246 g/mol. The molecule has 2 rings (SSSR count). The molecule has 18 heavy (non-hydrogen) atoms. The molecule has 0 aliphatic heterocycles. The van der Waals surface area contributed by atoms with Gasteiger partial charge in [-0.25, -0.2) is 0 Å². The van der Waals surface area contributed by atoms with Gasteiger partial charge in [-0.05, 0) is 24.1 Å². The van der Waals surface area contributed by atoms with Gasteiger partial charge in [0.2, 0.25) is 0 Å². The Morgan fingerprint density at radius 2 is 2.06 bits per heavy atom. The molecule has 1 heterocycles. The van der Waals surface area contributed by atoms with Crippen molar-refractivity contribution < 1.29 is 9.84 Å². The first-order chi connectivity index (χ1) is 8.69. The van der Waals surface area contributed by atoms with Crippen molar-refractivity contribution in [1.29, 1.82) is 0 Å². The van der Waals surface area contributed by atoms with E-state index in [9.17, 15) is 5.11 Å². The number of aryl methyl sites for hydroxylation is 1. The van der Waals surface area contributed by atoms with Gasteiger partial charge in [0.25, 0.3) is 0 Å². The van der Waals surface area contributed by atoms with Gasteiger partial charge in [-0.2, -0.15) is 5.10 Å². The third-order valence-electron chi connectivity index (χ3n) is 2.82. The fourth-order valence-electron chi connectivity index (χ4n) is 1.73. The second kappa shape index (κ2) is 5.69. The lowest BCUT2D eigenvalue weighted by atomic mass is 10.1. The molecule has 0 aliphatic carbocycles. The highest BCUT2D eigenvalue weighted by Gasteiger charge is 2.04. The zero-order valence-electron chi connectivity index (χ0n) is 10.7. The first kappa shape index (κ1) is 12.6. The minimum absolute atomic E-state index is 0.391. The molecule has 0 amide bonds. The van der Waals surface area contributed by atoms with E-state index in [0.29, 0.717) is 6.61 Å². The molecule has 0 bridgehead atoms. The molecule has 1 aromatic heterocycles. The average Bonchev–Trinajstić information content (AvgIpc) is 2.82. The number of nitrogens with zero attached hydrogens (tertiary/aromatic N) is 2. The summed E-state index contributed by atoms with van der Waals surface area (Å²) in [6.07, 6.45) is 4.04. The van der Waals surface area contributed by atoms with Crippen molar-refractivity contribution in [3.05, 3.63) is 47.8 Å². The lowest BCUT2D eigenvalue weighted by molar-refractivity contribution is 0.173. The fourth-order valence-corrected chi connectivity index (χ4v) is 1.73. The highest BCUT2D eigenvalue weighted by molar-refractivity contribution is 5.28. The molecule has 0 unspecified atom stereocenters. The minimum atomic E-state index is -0.391. The summed E-state index contributed by atoms with van der Waals surface area (Å²) in [5.41, 5.74) is 1.96. The van der Waals surface area contributed by atoms with Crippen LogP contribution < -0.4 is 4.74 Å². The van der Waals surface area contributed by atoms with Gasteiger partial charge in [0.15, 0.2) is 0 Å². The second-order valence-corrected chi connectivity index (χ2v) is 4.30. The molecule has 0 saturated carbocycles. The van der Waals surface area contributed by atoms with Crippen molar-refractivity contribution in [2.75, 3.05) is 0 Å². The van der Waals surface area contributed by atoms with Gasteiger partial charge in [0.1, 0.15) is 12.4 Å². The van der Waals surface area contributed by atoms with E-state index in [0.717, 1.165) is 23.3 Å². The Kier molecular flexibility index (Phi) is 3.99. The van der Waals surface area contributed by atoms with E-state index in [1.54, 1.807) is 10.9 Å². The molecular formula is C14H18N2O2. The molecule has 1 atom stereocenters. The number of rotatable bonds is 5. The lowest BCUT2D eigenvalue weighted by Crippen LogP contribution is -1.97. The van der Waals surface area contributed by atoms with Crippen molar-refractivity contribution in [1.82, 2.24) is 9.78 Å². The summed E-state index contributed by atoms with van der Waals surface area (Å²) in [4.78, 5) is 0. The summed E-state index contributed by atoms with van der Waals surface area (Å²) < 4.78 is 7.39. The standard InChI is InChI=1S/C14H18N2O2/c1-3-14(17)12-4-6-13(7-5-12)18-10-11-8-15-16(2)9-11/h4-9,14,17H,3,10H2,1-2H3/t14-/m0/s1. The number of aliphatic hydroxyl groups is 1. The van der Waals surface area contributed by atoms with Crippen LogP contribution in [0.2, 0.25) is 0 Å². The zero-order chi connectivity index (χ0) is 13.0. The predicted molar refractivity (Wildman–Crippen MR) is 69.2 cm³/mol. The molecule has 2 aromatic rings. The Balaban J connectivity index is 1.94. The molecule has 4 nitrogen and oxygen atoms in total. The Morgan fingerprint density at radius 1 is 1.33 bits per heavy atom. The summed E-state index contributed by atoms with van der Waals surface area (Å²) in [7, 11) is 1.88. The number of benzene rings is 1. The summed E-state index contributed by atoms with van der Waals surface area (Å²) >= 11 is 0. The van der Waals surface area contributed by atoms with Crippen LogP contribution in [0.3, 0.4) is 0 Å². The summed E-state index contributed by atoms with van der Waals surface area (Å²) in [5.74, 6) is 0.797.